The molecular weight excluding hydrogens is 507 g/mol. The number of nitrogens with one attached hydrogen (secondary N) is 1. The Bertz CT molecular complexity index is 1310. The number of halogens is 3. The van der Waals surface area contributed by atoms with Crippen molar-refractivity contribution in [2.45, 2.75) is 92.3 Å². The fraction of sp³-hybridized carbons (Fsp3) is 0.516. The molecule has 0 spiro atoms. The summed E-state index contributed by atoms with van der Waals surface area (Å²) in [5, 5.41) is 13.6. The first-order valence-electron chi connectivity index (χ1n) is 14.0. The van der Waals surface area contributed by atoms with Gasteiger partial charge in [0.05, 0.1) is 18.5 Å². The van der Waals surface area contributed by atoms with Crippen LogP contribution in [-0.2, 0) is 19.1 Å². The van der Waals surface area contributed by atoms with E-state index in [1.54, 1.807) is 26.0 Å². The Hall–Kier alpha value is -3.00. The van der Waals surface area contributed by atoms with Crippen LogP contribution in [0.5, 0.6) is 17.2 Å². The minimum Gasteiger partial charge on any atom is -0.872 e. The molecule has 0 aliphatic carbocycles. The van der Waals surface area contributed by atoms with Crippen molar-refractivity contribution in [2.24, 2.45) is 0 Å². The SMILES string of the molecule is CCCCCCc1cc2c(=O)c(Oc3cc(C)cc(C)c3)c(C(F)(F)F)oc2c(C[NH+](CC)CCCC)c1[O-]. The van der Waals surface area contributed by atoms with Gasteiger partial charge in [0.2, 0.25) is 11.2 Å². The molecule has 0 saturated heterocycles. The van der Waals surface area contributed by atoms with Crippen LogP contribution in [0.1, 0.15) is 87.3 Å². The first kappa shape index (κ1) is 30.5. The molecule has 0 aliphatic rings. The number of aryl methyl sites for hydroxylation is 3. The Kier molecular flexibility index (Phi) is 10.5. The Morgan fingerprint density at radius 1 is 0.949 bits per heavy atom. The van der Waals surface area contributed by atoms with E-state index in [0.717, 1.165) is 61.1 Å². The molecule has 3 aromatic rings. The fourth-order valence-corrected chi connectivity index (χ4v) is 4.97. The first-order valence-corrected chi connectivity index (χ1v) is 14.0. The van der Waals surface area contributed by atoms with Crippen LogP contribution in [0.2, 0.25) is 0 Å². The van der Waals surface area contributed by atoms with Gasteiger partial charge in [-0.05, 0) is 69.4 Å². The van der Waals surface area contributed by atoms with Gasteiger partial charge in [0.25, 0.3) is 5.76 Å². The molecule has 0 saturated carbocycles. The minimum atomic E-state index is -5.00. The van der Waals surface area contributed by atoms with Gasteiger partial charge in [-0.3, -0.25) is 4.79 Å². The number of rotatable bonds is 13. The molecule has 3 rings (SSSR count). The number of unbranched alkanes of at least 4 members (excludes halogenated alkanes) is 4. The molecule has 1 N–H and O–H groups in total. The van der Waals surface area contributed by atoms with E-state index in [-0.39, 0.29) is 34.6 Å². The average molecular weight is 548 g/mol. The predicted molar refractivity (Wildman–Crippen MR) is 146 cm³/mol. The number of hydrogen-bond donors (Lipinski definition) is 1. The summed E-state index contributed by atoms with van der Waals surface area (Å²) in [5.41, 5.74) is 0.919. The van der Waals surface area contributed by atoms with Crippen LogP contribution in [0.4, 0.5) is 13.2 Å². The molecule has 0 amide bonds. The molecule has 1 aromatic heterocycles. The Morgan fingerprint density at radius 3 is 2.21 bits per heavy atom. The lowest BCUT2D eigenvalue weighted by Gasteiger charge is -2.25. The van der Waals surface area contributed by atoms with E-state index in [0.29, 0.717) is 18.5 Å². The topological polar surface area (TPSA) is 66.9 Å². The summed E-state index contributed by atoms with van der Waals surface area (Å²) >= 11 is 0. The monoisotopic (exact) mass is 547 g/mol. The molecule has 1 unspecified atom stereocenters. The minimum absolute atomic E-state index is 0.0478. The summed E-state index contributed by atoms with van der Waals surface area (Å²) in [6, 6.07) is 6.41. The summed E-state index contributed by atoms with van der Waals surface area (Å²) in [4.78, 5) is 14.7. The molecule has 0 aliphatic heterocycles. The van der Waals surface area contributed by atoms with Gasteiger partial charge in [-0.2, -0.15) is 13.2 Å². The van der Waals surface area contributed by atoms with E-state index in [2.05, 4.69) is 13.8 Å². The number of hydrogen-bond acceptors (Lipinski definition) is 4. The zero-order valence-electron chi connectivity index (χ0n) is 23.6. The number of fused-ring (bicyclic) bond motifs is 1. The van der Waals surface area contributed by atoms with Crippen molar-refractivity contribution < 1.29 is 32.3 Å². The smallest absolute Gasteiger partial charge is 0.453 e. The summed E-state index contributed by atoms with van der Waals surface area (Å²) in [6.45, 7) is 11.3. The van der Waals surface area contributed by atoms with Gasteiger partial charge in [-0.1, -0.05) is 56.9 Å². The molecule has 214 valence electrons. The van der Waals surface area contributed by atoms with Crippen molar-refractivity contribution in [3.8, 4) is 17.2 Å². The van der Waals surface area contributed by atoms with Crippen molar-refractivity contribution >= 4 is 11.0 Å². The van der Waals surface area contributed by atoms with Crippen molar-refractivity contribution in [3.63, 3.8) is 0 Å². The van der Waals surface area contributed by atoms with Crippen molar-refractivity contribution in [1.29, 1.82) is 0 Å². The highest BCUT2D eigenvalue weighted by Gasteiger charge is 2.41. The van der Waals surface area contributed by atoms with Crippen LogP contribution in [0.25, 0.3) is 11.0 Å². The molecule has 8 heteroatoms. The molecule has 5 nitrogen and oxygen atoms in total. The summed E-state index contributed by atoms with van der Waals surface area (Å²) < 4.78 is 53.9. The van der Waals surface area contributed by atoms with E-state index in [1.165, 1.54) is 6.07 Å². The van der Waals surface area contributed by atoms with Crippen LogP contribution in [-0.4, -0.2) is 13.1 Å². The van der Waals surface area contributed by atoms with Crippen LogP contribution in [0.15, 0.2) is 33.5 Å². The van der Waals surface area contributed by atoms with Gasteiger partial charge in [0.1, 0.15) is 17.9 Å². The van der Waals surface area contributed by atoms with Crippen molar-refractivity contribution in [3.05, 3.63) is 62.5 Å². The predicted octanol–water partition coefficient (Wildman–Crippen LogP) is 6.62. The van der Waals surface area contributed by atoms with Crippen LogP contribution >= 0.6 is 0 Å². The Balaban J connectivity index is 2.26. The second kappa shape index (κ2) is 13.4. The highest BCUT2D eigenvalue weighted by molar-refractivity contribution is 5.84. The van der Waals surface area contributed by atoms with E-state index < -0.39 is 23.1 Å². The maximum absolute atomic E-state index is 14.3. The number of alkyl halides is 3. The highest BCUT2D eigenvalue weighted by Crippen LogP contribution is 2.40. The molecule has 39 heavy (non-hydrogen) atoms. The Morgan fingerprint density at radius 2 is 1.62 bits per heavy atom. The van der Waals surface area contributed by atoms with Gasteiger partial charge in [-0.15, -0.1) is 0 Å². The normalized spacial score (nSPS) is 12.7. The van der Waals surface area contributed by atoms with Crippen molar-refractivity contribution in [1.82, 2.24) is 0 Å². The number of benzene rings is 2. The number of quaternary nitrogens is 1. The average Bonchev–Trinajstić information content (AvgIpc) is 2.86. The summed E-state index contributed by atoms with van der Waals surface area (Å²) in [7, 11) is 0. The van der Waals surface area contributed by atoms with Gasteiger partial charge in [0, 0.05) is 5.56 Å². The lowest BCUT2D eigenvalue weighted by molar-refractivity contribution is -0.912. The van der Waals surface area contributed by atoms with Crippen LogP contribution < -0.4 is 20.2 Å². The standard InChI is InChI=1S/C31H40F3NO4/c1-6-9-11-12-13-22-18-24-27(37)29(38-23-16-20(4)15-21(5)17-23)30(31(32,33)34)39-28(24)25(26(22)36)19-35(8-3)14-10-7-2/h15-18,36H,6-14,19H2,1-5H3. The molecule has 0 radical (unpaired) electrons. The second-order valence-electron chi connectivity index (χ2n) is 10.4. The van der Waals surface area contributed by atoms with Gasteiger partial charge in [-0.25, -0.2) is 0 Å². The first-order chi connectivity index (χ1) is 18.5. The fourth-order valence-electron chi connectivity index (χ4n) is 4.97. The largest absolute Gasteiger partial charge is 0.872 e. The van der Waals surface area contributed by atoms with Crippen LogP contribution in [0.3, 0.4) is 0 Å². The highest BCUT2D eigenvalue weighted by atomic mass is 19.4. The zero-order chi connectivity index (χ0) is 28.7. The van der Waals surface area contributed by atoms with E-state index in [1.807, 2.05) is 13.0 Å². The lowest BCUT2D eigenvalue weighted by Crippen LogP contribution is -3.10. The molecule has 1 atom stereocenters. The van der Waals surface area contributed by atoms with Gasteiger partial charge < -0.3 is 19.2 Å². The van der Waals surface area contributed by atoms with E-state index in [4.69, 9.17) is 9.15 Å². The van der Waals surface area contributed by atoms with Crippen LogP contribution in [0, 0.1) is 13.8 Å². The van der Waals surface area contributed by atoms with E-state index in [9.17, 15) is 23.1 Å². The molecule has 0 bridgehead atoms. The van der Waals surface area contributed by atoms with Gasteiger partial charge >= 0.3 is 6.18 Å². The zero-order valence-corrected chi connectivity index (χ0v) is 23.6. The van der Waals surface area contributed by atoms with Crippen molar-refractivity contribution in [2.75, 3.05) is 13.1 Å². The molecule has 1 heterocycles. The maximum atomic E-state index is 14.3. The lowest BCUT2D eigenvalue weighted by atomic mass is 9.98. The quantitative estimate of drug-likeness (QED) is 0.244. The third kappa shape index (κ3) is 7.56. The van der Waals surface area contributed by atoms with Gasteiger partial charge in [0.15, 0.2) is 0 Å². The molecule has 0 fully saturated rings. The molecule has 2 aromatic carbocycles. The number of ether oxygens (including phenoxy) is 1. The van der Waals surface area contributed by atoms with E-state index >= 15 is 0 Å². The maximum Gasteiger partial charge on any atom is 0.453 e. The molecular formula is C31H40F3NO4. The Labute approximate surface area is 228 Å². The second-order valence-corrected chi connectivity index (χ2v) is 10.4. The third-order valence-electron chi connectivity index (χ3n) is 7.05. The third-order valence-corrected chi connectivity index (χ3v) is 7.05. The summed E-state index contributed by atoms with van der Waals surface area (Å²) in [6.07, 6.45) is 1.05. The summed E-state index contributed by atoms with van der Waals surface area (Å²) in [5.74, 6) is -2.65.